The number of hydrogen-bond donors (Lipinski definition) is 0. The molecule has 3 nitrogen and oxygen atoms in total. The van der Waals surface area contributed by atoms with E-state index in [4.69, 9.17) is 0 Å². The number of hydrogen-bond acceptors (Lipinski definition) is 3. The molecular weight excluding hydrogens is 266 g/mol. The number of anilines is 1. The van der Waals surface area contributed by atoms with E-state index in [1.165, 1.54) is 31.6 Å². The maximum atomic E-state index is 4.22. The van der Waals surface area contributed by atoms with E-state index in [1.807, 2.05) is 12.4 Å². The molecule has 1 saturated heterocycles. The molecule has 0 N–H and O–H groups in total. The summed E-state index contributed by atoms with van der Waals surface area (Å²) in [5, 5.41) is 0. The maximum absolute atomic E-state index is 4.22. The molecule has 0 saturated carbocycles. The summed E-state index contributed by atoms with van der Waals surface area (Å²) in [6.45, 7) is 2.38. The molecule has 1 aliphatic heterocycles. The van der Waals surface area contributed by atoms with Crippen molar-refractivity contribution in [3.05, 3.63) is 22.9 Å². The summed E-state index contributed by atoms with van der Waals surface area (Å²) in [7, 11) is 4.36. The highest BCUT2D eigenvalue weighted by atomic mass is 79.9. The molecule has 0 atom stereocenters. The number of aromatic nitrogens is 1. The van der Waals surface area contributed by atoms with Crippen LogP contribution in [-0.4, -0.2) is 43.1 Å². The van der Waals surface area contributed by atoms with Crippen molar-refractivity contribution in [3.8, 4) is 0 Å². The Labute approximate surface area is 106 Å². The zero-order valence-corrected chi connectivity index (χ0v) is 11.4. The molecule has 0 aliphatic carbocycles. The molecule has 0 spiro atoms. The van der Waals surface area contributed by atoms with Crippen molar-refractivity contribution < 1.29 is 0 Å². The third-order valence-corrected chi connectivity index (χ3v) is 3.77. The molecule has 1 aromatic heterocycles. The van der Waals surface area contributed by atoms with E-state index in [1.54, 1.807) is 0 Å². The number of rotatable bonds is 2. The van der Waals surface area contributed by atoms with Gasteiger partial charge in [-0.1, -0.05) is 0 Å². The van der Waals surface area contributed by atoms with Crippen LogP contribution in [0.25, 0.3) is 0 Å². The van der Waals surface area contributed by atoms with Crippen molar-refractivity contribution in [1.29, 1.82) is 0 Å². The molecular formula is C12H18BrN3. The fourth-order valence-corrected chi connectivity index (χ4v) is 2.54. The minimum atomic E-state index is 0.646. The highest BCUT2D eigenvalue weighted by Crippen LogP contribution is 2.23. The summed E-state index contributed by atoms with van der Waals surface area (Å²) in [6, 6.07) is 2.78. The highest BCUT2D eigenvalue weighted by molar-refractivity contribution is 9.10. The van der Waals surface area contributed by atoms with Gasteiger partial charge in [0.2, 0.25) is 0 Å². The predicted octanol–water partition coefficient (Wildman–Crippen LogP) is 2.37. The zero-order chi connectivity index (χ0) is 11.5. The van der Waals surface area contributed by atoms with E-state index in [9.17, 15) is 0 Å². The smallest absolute Gasteiger partial charge is 0.0563 e. The number of likely N-dealkylation sites (tertiary alicyclic amines) is 1. The average molecular weight is 284 g/mol. The zero-order valence-electron chi connectivity index (χ0n) is 9.86. The van der Waals surface area contributed by atoms with Crippen molar-refractivity contribution >= 4 is 21.6 Å². The van der Waals surface area contributed by atoms with Crippen molar-refractivity contribution in [1.82, 2.24) is 9.88 Å². The van der Waals surface area contributed by atoms with Gasteiger partial charge in [-0.2, -0.15) is 0 Å². The number of piperidine rings is 1. The van der Waals surface area contributed by atoms with Crippen LogP contribution < -0.4 is 4.90 Å². The monoisotopic (exact) mass is 283 g/mol. The summed E-state index contributed by atoms with van der Waals surface area (Å²) in [6.07, 6.45) is 6.23. The van der Waals surface area contributed by atoms with Crippen LogP contribution in [0.15, 0.2) is 22.9 Å². The molecule has 2 rings (SSSR count). The van der Waals surface area contributed by atoms with Crippen molar-refractivity contribution in [2.45, 2.75) is 18.9 Å². The summed E-state index contributed by atoms with van der Waals surface area (Å²) in [5.74, 6) is 0. The van der Waals surface area contributed by atoms with Gasteiger partial charge in [0, 0.05) is 23.8 Å². The second kappa shape index (κ2) is 5.15. The summed E-state index contributed by atoms with van der Waals surface area (Å²) >= 11 is 3.47. The summed E-state index contributed by atoms with van der Waals surface area (Å²) < 4.78 is 1.05. The second-order valence-electron chi connectivity index (χ2n) is 4.51. The Balaban J connectivity index is 2.04. The molecule has 0 bridgehead atoms. The number of nitrogens with zero attached hydrogens (tertiary/aromatic N) is 3. The SMILES string of the molecule is CN1CCC(N(C)c2cncc(Br)c2)CC1. The lowest BCUT2D eigenvalue weighted by atomic mass is 10.0. The Morgan fingerprint density at radius 2 is 2.06 bits per heavy atom. The lowest BCUT2D eigenvalue weighted by molar-refractivity contribution is 0.253. The molecule has 0 radical (unpaired) electrons. The van der Waals surface area contributed by atoms with Crippen LogP contribution in [0.1, 0.15) is 12.8 Å². The van der Waals surface area contributed by atoms with E-state index < -0.39 is 0 Å². The number of halogens is 1. The van der Waals surface area contributed by atoms with Gasteiger partial charge < -0.3 is 9.80 Å². The Kier molecular flexibility index (Phi) is 3.82. The molecule has 0 aromatic carbocycles. The van der Waals surface area contributed by atoms with Gasteiger partial charge in [0.1, 0.15) is 0 Å². The van der Waals surface area contributed by atoms with Gasteiger partial charge in [-0.05, 0) is 55.0 Å². The van der Waals surface area contributed by atoms with Gasteiger partial charge in [0.15, 0.2) is 0 Å². The molecule has 2 heterocycles. The first kappa shape index (κ1) is 11.9. The molecule has 1 fully saturated rings. The van der Waals surface area contributed by atoms with Crippen LogP contribution in [0.5, 0.6) is 0 Å². The van der Waals surface area contributed by atoms with E-state index >= 15 is 0 Å². The fraction of sp³-hybridized carbons (Fsp3) is 0.583. The first-order valence-electron chi connectivity index (χ1n) is 5.69. The van der Waals surface area contributed by atoms with E-state index in [0.717, 1.165) is 4.47 Å². The third kappa shape index (κ3) is 2.74. The van der Waals surface area contributed by atoms with E-state index in [0.29, 0.717) is 6.04 Å². The largest absolute Gasteiger partial charge is 0.370 e. The Bertz CT molecular complexity index is 348. The van der Waals surface area contributed by atoms with Crippen molar-refractivity contribution in [2.75, 3.05) is 32.1 Å². The van der Waals surface area contributed by atoms with Crippen LogP contribution in [-0.2, 0) is 0 Å². The van der Waals surface area contributed by atoms with E-state index in [2.05, 4.69) is 50.9 Å². The average Bonchev–Trinajstić information content (AvgIpc) is 2.29. The van der Waals surface area contributed by atoms with Gasteiger partial charge in [0.05, 0.1) is 11.9 Å². The predicted molar refractivity (Wildman–Crippen MR) is 70.9 cm³/mol. The van der Waals surface area contributed by atoms with Crippen molar-refractivity contribution in [3.63, 3.8) is 0 Å². The molecule has 0 unspecified atom stereocenters. The van der Waals surface area contributed by atoms with Gasteiger partial charge in [-0.25, -0.2) is 0 Å². The molecule has 0 amide bonds. The van der Waals surface area contributed by atoms with Crippen LogP contribution in [0.3, 0.4) is 0 Å². The van der Waals surface area contributed by atoms with Crippen molar-refractivity contribution in [2.24, 2.45) is 0 Å². The van der Waals surface area contributed by atoms with E-state index in [-0.39, 0.29) is 0 Å². The van der Waals surface area contributed by atoms with Gasteiger partial charge >= 0.3 is 0 Å². The first-order chi connectivity index (χ1) is 7.66. The molecule has 1 aliphatic rings. The highest BCUT2D eigenvalue weighted by Gasteiger charge is 2.20. The lowest BCUT2D eigenvalue weighted by Crippen LogP contribution is -2.42. The van der Waals surface area contributed by atoms with Crippen LogP contribution in [0, 0.1) is 0 Å². The minimum absolute atomic E-state index is 0.646. The second-order valence-corrected chi connectivity index (χ2v) is 5.42. The van der Waals surface area contributed by atoms with Crippen LogP contribution >= 0.6 is 15.9 Å². The Hall–Kier alpha value is -0.610. The third-order valence-electron chi connectivity index (χ3n) is 3.33. The maximum Gasteiger partial charge on any atom is 0.0563 e. The first-order valence-corrected chi connectivity index (χ1v) is 6.48. The van der Waals surface area contributed by atoms with Gasteiger partial charge in [0.25, 0.3) is 0 Å². The standard InChI is InChI=1S/C12H18BrN3/c1-15-5-3-11(4-6-15)16(2)12-7-10(13)8-14-9-12/h7-9,11H,3-6H2,1-2H3. The lowest BCUT2D eigenvalue weighted by Gasteiger charge is -2.36. The Morgan fingerprint density at radius 1 is 1.38 bits per heavy atom. The van der Waals surface area contributed by atoms with Crippen LogP contribution in [0.4, 0.5) is 5.69 Å². The quantitative estimate of drug-likeness (QED) is 0.831. The van der Waals surface area contributed by atoms with Gasteiger partial charge in [-0.15, -0.1) is 0 Å². The molecule has 4 heteroatoms. The number of pyridine rings is 1. The fourth-order valence-electron chi connectivity index (χ4n) is 2.19. The minimum Gasteiger partial charge on any atom is -0.370 e. The summed E-state index contributed by atoms with van der Waals surface area (Å²) in [4.78, 5) is 8.96. The normalized spacial score (nSPS) is 18.7. The van der Waals surface area contributed by atoms with Crippen LogP contribution in [0.2, 0.25) is 0 Å². The topological polar surface area (TPSA) is 19.4 Å². The molecule has 1 aromatic rings. The van der Waals surface area contributed by atoms with Gasteiger partial charge in [-0.3, -0.25) is 4.98 Å². The summed E-state index contributed by atoms with van der Waals surface area (Å²) in [5.41, 5.74) is 1.20. The molecule has 88 valence electrons. The molecule has 16 heavy (non-hydrogen) atoms. The Morgan fingerprint density at radius 3 is 2.69 bits per heavy atom.